The maximum Gasteiger partial charge on any atom is 0.225 e. The van der Waals surface area contributed by atoms with Crippen LogP contribution < -0.4 is 0 Å². The monoisotopic (exact) mass is 366 g/mol. The van der Waals surface area contributed by atoms with E-state index in [-0.39, 0.29) is 0 Å². The van der Waals surface area contributed by atoms with E-state index in [1.54, 1.807) is 11.9 Å². The Morgan fingerprint density at radius 2 is 1.92 bits per heavy atom. The lowest BCUT2D eigenvalue weighted by atomic mass is 9.99. The van der Waals surface area contributed by atoms with Crippen molar-refractivity contribution in [3.63, 3.8) is 0 Å². The van der Waals surface area contributed by atoms with Crippen LogP contribution in [0, 0.1) is 5.92 Å². The highest BCUT2D eigenvalue weighted by atomic mass is 32.2. The zero-order valence-corrected chi connectivity index (χ0v) is 16.3. The molecule has 1 aliphatic carbocycles. The van der Waals surface area contributed by atoms with Gasteiger partial charge in [-0.2, -0.15) is 0 Å². The van der Waals surface area contributed by atoms with Gasteiger partial charge < -0.3 is 4.90 Å². The second kappa shape index (κ2) is 7.45. The fraction of sp³-hybridized carbons (Fsp3) is 0.409. The zero-order chi connectivity index (χ0) is 18.1. The summed E-state index contributed by atoms with van der Waals surface area (Å²) in [4.78, 5) is 15.7. The van der Waals surface area contributed by atoms with Crippen LogP contribution in [-0.2, 0) is 17.8 Å². The minimum atomic E-state index is 0.312. The van der Waals surface area contributed by atoms with Gasteiger partial charge in [0, 0.05) is 29.9 Å². The van der Waals surface area contributed by atoms with Crippen molar-refractivity contribution in [3.8, 4) is 0 Å². The number of benzene rings is 2. The minimum absolute atomic E-state index is 0.312. The molecule has 1 fully saturated rings. The van der Waals surface area contributed by atoms with Crippen molar-refractivity contribution in [2.24, 2.45) is 5.92 Å². The lowest BCUT2D eigenvalue weighted by molar-refractivity contribution is -0.133. The molecule has 4 rings (SSSR count). The van der Waals surface area contributed by atoms with Crippen LogP contribution >= 0.6 is 11.9 Å². The molecule has 0 bridgehead atoms. The van der Waals surface area contributed by atoms with Gasteiger partial charge in [-0.05, 0) is 74.0 Å². The molecule has 136 valence electrons. The molecule has 2 aliphatic rings. The molecule has 3 nitrogen and oxygen atoms in total. The predicted molar refractivity (Wildman–Crippen MR) is 107 cm³/mol. The standard InChI is InChI=1S/C22H26N2OS/c1-16(17-6-4-3-5-7-17)23(2)26-21-11-10-18-12-13-24(15-20(18)14-21)22(25)19-8-9-19/h3-7,10-11,14,16,19H,8-9,12-13,15H2,1-2H3. The molecule has 0 saturated heterocycles. The van der Waals surface area contributed by atoms with Crippen molar-refractivity contribution >= 4 is 17.9 Å². The van der Waals surface area contributed by atoms with Gasteiger partial charge in [0.2, 0.25) is 5.91 Å². The van der Waals surface area contributed by atoms with Crippen molar-refractivity contribution < 1.29 is 4.79 Å². The van der Waals surface area contributed by atoms with Gasteiger partial charge >= 0.3 is 0 Å². The molecule has 1 atom stereocenters. The summed E-state index contributed by atoms with van der Waals surface area (Å²) in [5.41, 5.74) is 4.03. The molecule has 4 heteroatoms. The molecule has 0 aromatic heterocycles. The van der Waals surface area contributed by atoms with Crippen LogP contribution in [0.4, 0.5) is 0 Å². The van der Waals surface area contributed by atoms with E-state index in [0.29, 0.717) is 17.9 Å². The summed E-state index contributed by atoms with van der Waals surface area (Å²) in [7, 11) is 2.14. The highest BCUT2D eigenvalue weighted by Crippen LogP contribution is 2.35. The summed E-state index contributed by atoms with van der Waals surface area (Å²) in [6.45, 7) is 3.88. The van der Waals surface area contributed by atoms with E-state index >= 15 is 0 Å². The summed E-state index contributed by atoms with van der Waals surface area (Å²) < 4.78 is 2.30. The van der Waals surface area contributed by atoms with E-state index in [2.05, 4.69) is 71.7 Å². The zero-order valence-electron chi connectivity index (χ0n) is 15.5. The molecular weight excluding hydrogens is 340 g/mol. The molecule has 1 amide bonds. The van der Waals surface area contributed by atoms with Crippen LogP contribution in [0.3, 0.4) is 0 Å². The number of hydrogen-bond donors (Lipinski definition) is 0. The molecule has 1 heterocycles. The fourth-order valence-corrected chi connectivity index (χ4v) is 4.49. The van der Waals surface area contributed by atoms with Crippen molar-refractivity contribution in [1.82, 2.24) is 9.21 Å². The van der Waals surface area contributed by atoms with Crippen molar-refractivity contribution in [3.05, 3.63) is 65.2 Å². The first-order valence-electron chi connectivity index (χ1n) is 9.48. The molecule has 0 N–H and O–H groups in total. The van der Waals surface area contributed by atoms with E-state index < -0.39 is 0 Å². The lowest BCUT2D eigenvalue weighted by Gasteiger charge is -2.30. The van der Waals surface area contributed by atoms with Gasteiger partial charge in [-0.1, -0.05) is 36.4 Å². The van der Waals surface area contributed by atoms with Crippen molar-refractivity contribution in [2.45, 2.75) is 43.7 Å². The molecule has 2 aromatic carbocycles. The average molecular weight is 367 g/mol. The van der Waals surface area contributed by atoms with Crippen LogP contribution in [0.5, 0.6) is 0 Å². The van der Waals surface area contributed by atoms with E-state index in [0.717, 1.165) is 32.4 Å². The minimum Gasteiger partial charge on any atom is -0.338 e. The quantitative estimate of drug-likeness (QED) is 0.718. The highest BCUT2D eigenvalue weighted by Gasteiger charge is 2.34. The second-order valence-electron chi connectivity index (χ2n) is 7.44. The predicted octanol–water partition coefficient (Wildman–Crippen LogP) is 4.68. The number of nitrogens with zero attached hydrogens (tertiary/aromatic N) is 2. The third kappa shape index (κ3) is 3.81. The Balaban J connectivity index is 1.45. The number of amides is 1. The maximum absolute atomic E-state index is 12.4. The van der Waals surface area contributed by atoms with Gasteiger partial charge in [-0.25, -0.2) is 4.31 Å². The van der Waals surface area contributed by atoms with Gasteiger partial charge in [-0.3, -0.25) is 4.79 Å². The second-order valence-corrected chi connectivity index (χ2v) is 8.67. The molecule has 1 unspecified atom stereocenters. The van der Waals surface area contributed by atoms with Crippen molar-refractivity contribution in [2.75, 3.05) is 13.6 Å². The van der Waals surface area contributed by atoms with Gasteiger partial charge in [0.1, 0.15) is 0 Å². The van der Waals surface area contributed by atoms with Crippen LogP contribution in [0.2, 0.25) is 0 Å². The van der Waals surface area contributed by atoms with Gasteiger partial charge in [0.05, 0.1) is 0 Å². The van der Waals surface area contributed by atoms with Crippen LogP contribution in [0.25, 0.3) is 0 Å². The Kier molecular flexibility index (Phi) is 5.05. The Labute approximate surface area is 160 Å². The normalized spacial score (nSPS) is 17.9. The molecule has 0 radical (unpaired) electrons. The van der Waals surface area contributed by atoms with Crippen molar-refractivity contribution in [1.29, 1.82) is 0 Å². The van der Waals surface area contributed by atoms with E-state index in [1.165, 1.54) is 21.6 Å². The molecule has 1 aliphatic heterocycles. The highest BCUT2D eigenvalue weighted by molar-refractivity contribution is 7.97. The summed E-state index contributed by atoms with van der Waals surface area (Å²) in [6, 6.07) is 17.7. The SMILES string of the molecule is CC(c1ccccc1)N(C)Sc1ccc2c(c1)CN(C(=O)C1CC1)CC2. The molecular formula is C22H26N2OS. The summed E-state index contributed by atoms with van der Waals surface area (Å²) >= 11 is 1.78. The molecule has 2 aromatic rings. The smallest absolute Gasteiger partial charge is 0.225 e. The van der Waals surface area contributed by atoms with E-state index in [4.69, 9.17) is 0 Å². The van der Waals surface area contributed by atoms with Gasteiger partial charge in [0.15, 0.2) is 0 Å². The Bertz CT molecular complexity index is 788. The Morgan fingerprint density at radius 3 is 2.65 bits per heavy atom. The number of carbonyl (C=O) groups is 1. The molecule has 26 heavy (non-hydrogen) atoms. The Morgan fingerprint density at radius 1 is 1.15 bits per heavy atom. The summed E-state index contributed by atoms with van der Waals surface area (Å²) in [5, 5.41) is 0. The largest absolute Gasteiger partial charge is 0.338 e. The van der Waals surface area contributed by atoms with Crippen LogP contribution in [0.15, 0.2) is 53.4 Å². The number of hydrogen-bond acceptors (Lipinski definition) is 3. The fourth-order valence-electron chi connectivity index (χ4n) is 3.55. The Hall–Kier alpha value is -1.78. The summed E-state index contributed by atoms with van der Waals surface area (Å²) in [5.74, 6) is 0.676. The topological polar surface area (TPSA) is 23.6 Å². The van der Waals surface area contributed by atoms with E-state index in [1.807, 2.05) is 0 Å². The third-order valence-corrected chi connectivity index (χ3v) is 6.57. The third-order valence-electron chi connectivity index (χ3n) is 5.51. The number of carbonyl (C=O) groups excluding carboxylic acids is 1. The first-order chi connectivity index (χ1) is 12.6. The first kappa shape index (κ1) is 17.6. The van der Waals surface area contributed by atoms with Crippen LogP contribution in [0.1, 0.15) is 42.5 Å². The van der Waals surface area contributed by atoms with Crippen LogP contribution in [-0.4, -0.2) is 28.7 Å². The number of fused-ring (bicyclic) bond motifs is 1. The van der Waals surface area contributed by atoms with Gasteiger partial charge in [0.25, 0.3) is 0 Å². The maximum atomic E-state index is 12.4. The van der Waals surface area contributed by atoms with Gasteiger partial charge in [-0.15, -0.1) is 0 Å². The number of rotatable bonds is 5. The lowest BCUT2D eigenvalue weighted by Crippen LogP contribution is -2.36. The molecule has 1 saturated carbocycles. The summed E-state index contributed by atoms with van der Waals surface area (Å²) in [6.07, 6.45) is 3.15. The first-order valence-corrected chi connectivity index (χ1v) is 10.3. The molecule has 0 spiro atoms. The average Bonchev–Trinajstić information content (AvgIpc) is 3.52. The van der Waals surface area contributed by atoms with E-state index in [9.17, 15) is 4.79 Å².